The van der Waals surface area contributed by atoms with E-state index in [0.717, 1.165) is 16.5 Å². The van der Waals surface area contributed by atoms with Crippen LogP contribution in [-0.2, 0) is 0 Å². The van der Waals surface area contributed by atoms with Crippen molar-refractivity contribution in [3.8, 4) is 0 Å². The van der Waals surface area contributed by atoms with Crippen LogP contribution in [0.5, 0.6) is 0 Å². The van der Waals surface area contributed by atoms with Crippen molar-refractivity contribution >= 4 is 40.1 Å². The number of benzene rings is 2. The maximum absolute atomic E-state index is 12.5. The highest BCUT2D eigenvalue weighted by Crippen LogP contribution is 2.19. The Kier molecular flexibility index (Phi) is 5.07. The van der Waals surface area contributed by atoms with E-state index in [2.05, 4.69) is 20.5 Å². The van der Waals surface area contributed by atoms with E-state index in [1.807, 2.05) is 18.2 Å². The van der Waals surface area contributed by atoms with Gasteiger partial charge in [-0.3, -0.25) is 9.59 Å². The van der Waals surface area contributed by atoms with Gasteiger partial charge >= 0.3 is 0 Å². The number of hydrogen-bond acceptors (Lipinski definition) is 4. The molecule has 0 radical (unpaired) electrons. The summed E-state index contributed by atoms with van der Waals surface area (Å²) in [7, 11) is 0. The molecule has 3 rings (SSSR count). The van der Waals surface area contributed by atoms with E-state index in [0.29, 0.717) is 22.7 Å². The summed E-state index contributed by atoms with van der Waals surface area (Å²) in [6.45, 7) is 1.78. The number of guanidine groups is 1. The van der Waals surface area contributed by atoms with Gasteiger partial charge in [-0.1, -0.05) is 6.07 Å². The number of nitrogens with one attached hydrogen (secondary N) is 2. The molecule has 0 atom stereocenters. The van der Waals surface area contributed by atoms with Gasteiger partial charge in [0.15, 0.2) is 0 Å². The molecular formula is C19H19N7O2. The molecule has 2 amide bonds. The highest BCUT2D eigenvalue weighted by Gasteiger charge is 2.11. The van der Waals surface area contributed by atoms with E-state index >= 15 is 0 Å². The predicted molar refractivity (Wildman–Crippen MR) is 109 cm³/mol. The fourth-order valence-corrected chi connectivity index (χ4v) is 2.59. The highest BCUT2D eigenvalue weighted by molar-refractivity contribution is 6.07. The van der Waals surface area contributed by atoms with Gasteiger partial charge in [0.05, 0.1) is 5.71 Å². The first kappa shape index (κ1) is 18.6. The number of carbonyl (C=O) groups is 2. The summed E-state index contributed by atoms with van der Waals surface area (Å²) in [4.78, 5) is 26.7. The summed E-state index contributed by atoms with van der Waals surface area (Å²) >= 11 is 0. The van der Waals surface area contributed by atoms with Crippen molar-refractivity contribution in [1.82, 2.24) is 4.98 Å². The lowest BCUT2D eigenvalue weighted by atomic mass is 10.1. The number of H-pyrrole nitrogens is 1. The van der Waals surface area contributed by atoms with Crippen LogP contribution in [-0.4, -0.2) is 28.5 Å². The number of anilines is 1. The second-order valence-corrected chi connectivity index (χ2v) is 6.09. The average Bonchev–Trinajstić information content (AvgIpc) is 3.10. The van der Waals surface area contributed by atoms with E-state index in [-0.39, 0.29) is 11.9 Å². The van der Waals surface area contributed by atoms with Gasteiger partial charge in [-0.25, -0.2) is 0 Å². The number of primary amides is 1. The summed E-state index contributed by atoms with van der Waals surface area (Å²) in [5.41, 5.74) is 19.3. The molecule has 0 saturated heterocycles. The Morgan fingerprint density at radius 1 is 0.929 bits per heavy atom. The zero-order valence-corrected chi connectivity index (χ0v) is 15.1. The molecule has 2 aromatic carbocycles. The molecule has 0 bridgehead atoms. The first-order valence-corrected chi connectivity index (χ1v) is 8.31. The average molecular weight is 377 g/mol. The molecule has 28 heavy (non-hydrogen) atoms. The third-order valence-corrected chi connectivity index (χ3v) is 4.03. The number of rotatable bonds is 5. The van der Waals surface area contributed by atoms with Crippen LogP contribution in [0.1, 0.15) is 33.3 Å². The quantitative estimate of drug-likeness (QED) is 0.258. The Balaban J connectivity index is 1.81. The van der Waals surface area contributed by atoms with E-state index in [4.69, 9.17) is 17.2 Å². The van der Waals surface area contributed by atoms with Gasteiger partial charge < -0.3 is 27.5 Å². The van der Waals surface area contributed by atoms with E-state index in [1.165, 1.54) is 0 Å². The number of nitrogens with two attached hydrogens (primary N) is 3. The first-order valence-electron chi connectivity index (χ1n) is 8.31. The minimum atomic E-state index is -0.525. The van der Waals surface area contributed by atoms with Crippen LogP contribution in [0.2, 0.25) is 0 Å². The zero-order chi connectivity index (χ0) is 20.3. The number of aromatic amines is 1. The molecule has 1 heterocycles. The maximum atomic E-state index is 12.5. The van der Waals surface area contributed by atoms with Crippen molar-refractivity contribution in [2.75, 3.05) is 5.32 Å². The van der Waals surface area contributed by atoms with Gasteiger partial charge in [0.2, 0.25) is 11.9 Å². The van der Waals surface area contributed by atoms with Crippen LogP contribution >= 0.6 is 0 Å². The van der Waals surface area contributed by atoms with Crippen molar-refractivity contribution in [3.63, 3.8) is 0 Å². The number of carbonyl (C=O) groups excluding carboxylic acids is 2. The van der Waals surface area contributed by atoms with Crippen LogP contribution in [0.15, 0.2) is 58.7 Å². The predicted octanol–water partition coefficient (Wildman–Crippen LogP) is 1.52. The first-order chi connectivity index (χ1) is 13.3. The molecule has 0 saturated carbocycles. The summed E-state index contributed by atoms with van der Waals surface area (Å²) in [6, 6.07) is 13.6. The van der Waals surface area contributed by atoms with Gasteiger partial charge in [0.25, 0.3) is 5.91 Å². The monoisotopic (exact) mass is 377 g/mol. The summed E-state index contributed by atoms with van der Waals surface area (Å²) in [5, 5.41) is 11.2. The summed E-state index contributed by atoms with van der Waals surface area (Å²) in [5.74, 6) is -0.955. The Labute approximate surface area is 160 Å². The molecule has 0 aliphatic carbocycles. The molecule has 9 heteroatoms. The van der Waals surface area contributed by atoms with Crippen molar-refractivity contribution in [1.29, 1.82) is 0 Å². The standard InChI is InChI=1S/C19H19N7O2/c1-10(25-26-19(21)22)12-4-7-15-13(8-12)9-16(24-15)18(28)23-14-5-2-11(3-6-14)17(20)27/h2-9,24H,1H3,(H2,20,27)(H,23,28)(H4,21,22,26). The smallest absolute Gasteiger partial charge is 0.272 e. The van der Waals surface area contributed by atoms with E-state index in [1.54, 1.807) is 37.3 Å². The fourth-order valence-electron chi connectivity index (χ4n) is 2.59. The lowest BCUT2D eigenvalue weighted by Gasteiger charge is -2.04. The fraction of sp³-hybridized carbons (Fsp3) is 0.0526. The van der Waals surface area contributed by atoms with Gasteiger partial charge in [-0.05, 0) is 55.0 Å². The molecule has 142 valence electrons. The lowest BCUT2D eigenvalue weighted by molar-refractivity contribution is 0.0998. The van der Waals surface area contributed by atoms with Crippen molar-refractivity contribution in [3.05, 3.63) is 65.4 Å². The number of aromatic nitrogens is 1. The Bertz CT molecular complexity index is 1110. The summed E-state index contributed by atoms with van der Waals surface area (Å²) < 4.78 is 0. The molecule has 1 aromatic heterocycles. The molecule has 3 aromatic rings. The van der Waals surface area contributed by atoms with Crippen LogP contribution in [0.4, 0.5) is 5.69 Å². The van der Waals surface area contributed by atoms with Gasteiger partial charge in [0, 0.05) is 22.2 Å². The molecule has 0 unspecified atom stereocenters. The van der Waals surface area contributed by atoms with Crippen LogP contribution < -0.4 is 22.5 Å². The van der Waals surface area contributed by atoms with Gasteiger partial charge in [0.1, 0.15) is 5.69 Å². The van der Waals surface area contributed by atoms with Crippen LogP contribution in [0.25, 0.3) is 10.9 Å². The molecule has 0 fully saturated rings. The van der Waals surface area contributed by atoms with Crippen LogP contribution in [0.3, 0.4) is 0 Å². The third kappa shape index (κ3) is 4.15. The second kappa shape index (κ2) is 7.62. The number of nitrogens with zero attached hydrogens (tertiary/aromatic N) is 2. The van der Waals surface area contributed by atoms with Crippen LogP contribution in [0, 0.1) is 0 Å². The Morgan fingerprint density at radius 2 is 1.61 bits per heavy atom. The molecule has 0 aliphatic rings. The molecule has 0 aliphatic heterocycles. The molecular weight excluding hydrogens is 358 g/mol. The van der Waals surface area contributed by atoms with E-state index < -0.39 is 5.91 Å². The van der Waals surface area contributed by atoms with Gasteiger partial charge in [-0.2, -0.15) is 5.10 Å². The number of amides is 2. The second-order valence-electron chi connectivity index (χ2n) is 6.09. The zero-order valence-electron chi connectivity index (χ0n) is 15.1. The number of hydrogen-bond donors (Lipinski definition) is 5. The van der Waals surface area contributed by atoms with Gasteiger partial charge in [-0.15, -0.1) is 5.10 Å². The molecule has 0 spiro atoms. The van der Waals surface area contributed by atoms with Crippen molar-refractivity contribution in [2.24, 2.45) is 27.4 Å². The summed E-state index contributed by atoms with van der Waals surface area (Å²) in [6.07, 6.45) is 0. The largest absolute Gasteiger partial charge is 0.369 e. The van der Waals surface area contributed by atoms with Crippen molar-refractivity contribution < 1.29 is 9.59 Å². The van der Waals surface area contributed by atoms with Crippen molar-refractivity contribution in [2.45, 2.75) is 6.92 Å². The lowest BCUT2D eigenvalue weighted by Crippen LogP contribution is -2.22. The topological polar surface area (TPSA) is 165 Å². The normalized spacial score (nSPS) is 11.2. The van der Waals surface area contributed by atoms with E-state index in [9.17, 15) is 9.59 Å². The minimum Gasteiger partial charge on any atom is -0.369 e. The molecule has 8 N–H and O–H groups in total. The SMILES string of the molecule is CC(=NN=C(N)N)c1ccc2[nH]c(C(=O)Nc3ccc(C(N)=O)cc3)cc2c1. The third-order valence-electron chi connectivity index (χ3n) is 4.03. The maximum Gasteiger partial charge on any atom is 0.272 e. The minimum absolute atomic E-state index is 0.120. The Hall–Kier alpha value is -4.14. The highest BCUT2D eigenvalue weighted by atomic mass is 16.2. The Morgan fingerprint density at radius 3 is 2.25 bits per heavy atom. The molecule has 9 nitrogen and oxygen atoms in total. The number of fused-ring (bicyclic) bond motifs is 1.